The van der Waals surface area contributed by atoms with Crippen LogP contribution in [0.15, 0.2) is 36.5 Å². The monoisotopic (exact) mass is 369 g/mol. The second-order valence-electron chi connectivity index (χ2n) is 4.01. The number of ketones is 1. The smallest absolute Gasteiger partial charge is 0.414 e. The molecular weight excluding hydrogens is 360 g/mol. The molecule has 1 aromatic carbocycles. The summed E-state index contributed by atoms with van der Waals surface area (Å²) < 4.78 is 3.03. The largest absolute Gasteiger partial charge is 0.445 e. The van der Waals surface area contributed by atoms with Crippen molar-refractivity contribution in [3.05, 3.63) is 47.1 Å². The Morgan fingerprint density at radius 3 is 2.24 bits per heavy atom. The van der Waals surface area contributed by atoms with Crippen LogP contribution in [0.1, 0.15) is 10.4 Å². The van der Waals surface area contributed by atoms with Crippen LogP contribution in [0.25, 0.3) is 0 Å². The number of allylic oxidation sites excluding steroid dienone is 1. The maximum atomic E-state index is 12.1. The number of likely N-dealkylation sites (N-methyl/N-ethyl adjacent to an activating group) is 1. The lowest BCUT2D eigenvalue weighted by molar-refractivity contribution is 0.0952. The number of Topliss-reactive ketones (excluding diaryl/α,β-unsaturated/α-hetero) is 1. The Kier molecular flexibility index (Phi) is 6.35. The summed E-state index contributed by atoms with van der Waals surface area (Å²) in [7, 11) is 1.33. The first-order valence-corrected chi connectivity index (χ1v) is 7.09. The Morgan fingerprint density at radius 1 is 1.24 bits per heavy atom. The molecule has 114 valence electrons. The molecule has 0 saturated heterocycles. The molecule has 8 heteroatoms. The van der Waals surface area contributed by atoms with Crippen molar-refractivity contribution >= 4 is 58.3 Å². The average Bonchev–Trinajstić information content (AvgIpc) is 2.42. The van der Waals surface area contributed by atoms with Gasteiger partial charge in [-0.3, -0.25) is 9.69 Å². The predicted octanol–water partition coefficient (Wildman–Crippen LogP) is 4.48. The number of hydrogen-bond donors (Lipinski definition) is 0. The van der Waals surface area contributed by atoms with Gasteiger partial charge in [-0.05, 0) is 24.3 Å². The molecule has 0 atom stereocenters. The minimum absolute atomic E-state index is 0.0772. The van der Waals surface area contributed by atoms with Gasteiger partial charge >= 0.3 is 6.09 Å². The van der Waals surface area contributed by atoms with Gasteiger partial charge in [-0.2, -0.15) is 0 Å². The van der Waals surface area contributed by atoms with Gasteiger partial charge in [0.05, 0.1) is 5.70 Å². The lowest BCUT2D eigenvalue weighted by atomic mass is 10.1. The number of ether oxygens (including phenoxy) is 1. The molecule has 0 N–H and O–H groups in total. The second-order valence-corrected chi connectivity index (χ2v) is 6.96. The van der Waals surface area contributed by atoms with Crippen LogP contribution in [-0.2, 0) is 4.74 Å². The zero-order valence-electron chi connectivity index (χ0n) is 10.9. The Balaban J connectivity index is 2.71. The van der Waals surface area contributed by atoms with Crippen LogP contribution < -0.4 is 0 Å². The van der Waals surface area contributed by atoms with E-state index in [4.69, 9.17) is 51.1 Å². The van der Waals surface area contributed by atoms with Crippen molar-refractivity contribution in [2.45, 2.75) is 3.79 Å². The standard InChI is InChI=1S/C13H11Cl4NO3/c1-8(11(19)9-3-5-10(14)6-4-9)18(2)12(20)21-7-13(15,16)17/h3-6H,1,7H2,2H3. The summed E-state index contributed by atoms with van der Waals surface area (Å²) in [4.78, 5) is 24.8. The lowest BCUT2D eigenvalue weighted by Gasteiger charge is -2.20. The van der Waals surface area contributed by atoms with Crippen LogP contribution in [0.3, 0.4) is 0 Å². The summed E-state index contributed by atoms with van der Waals surface area (Å²) in [5, 5.41) is 0.493. The number of carbonyl (C=O) groups excluding carboxylic acids is 2. The first kappa shape index (κ1) is 18.1. The molecule has 4 nitrogen and oxygen atoms in total. The van der Waals surface area contributed by atoms with Gasteiger partial charge < -0.3 is 4.74 Å². The molecule has 0 unspecified atom stereocenters. The molecule has 0 fully saturated rings. The Bertz CT molecular complexity index is 552. The highest BCUT2D eigenvalue weighted by Gasteiger charge is 2.25. The fraction of sp³-hybridized carbons (Fsp3) is 0.231. The molecule has 1 amide bonds. The molecule has 0 aliphatic carbocycles. The fourth-order valence-electron chi connectivity index (χ4n) is 1.27. The third-order valence-corrected chi connectivity index (χ3v) is 2.99. The normalized spacial score (nSPS) is 10.9. The molecule has 21 heavy (non-hydrogen) atoms. The first-order valence-electron chi connectivity index (χ1n) is 5.58. The quantitative estimate of drug-likeness (QED) is 0.446. The molecule has 0 aromatic heterocycles. The minimum Gasteiger partial charge on any atom is -0.445 e. The number of alkyl halides is 3. The molecule has 1 aromatic rings. The van der Waals surface area contributed by atoms with E-state index in [9.17, 15) is 9.59 Å². The highest BCUT2D eigenvalue weighted by Crippen LogP contribution is 2.26. The van der Waals surface area contributed by atoms with Crippen LogP contribution >= 0.6 is 46.4 Å². The third-order valence-electron chi connectivity index (χ3n) is 2.41. The molecule has 1 rings (SSSR count). The molecule has 0 radical (unpaired) electrons. The number of nitrogens with zero attached hydrogens (tertiary/aromatic N) is 1. The van der Waals surface area contributed by atoms with Crippen LogP contribution in [0.4, 0.5) is 4.79 Å². The van der Waals surface area contributed by atoms with E-state index >= 15 is 0 Å². The summed E-state index contributed by atoms with van der Waals surface area (Å²) in [6.45, 7) is 3.12. The topological polar surface area (TPSA) is 46.6 Å². The van der Waals surface area contributed by atoms with E-state index in [0.717, 1.165) is 4.90 Å². The van der Waals surface area contributed by atoms with Gasteiger partial charge in [0.1, 0.15) is 6.61 Å². The summed E-state index contributed by atoms with van der Waals surface area (Å²) in [6.07, 6.45) is -0.853. The van der Waals surface area contributed by atoms with Crippen molar-refractivity contribution in [1.29, 1.82) is 0 Å². The molecule has 0 heterocycles. The number of amides is 1. The summed E-state index contributed by atoms with van der Waals surface area (Å²) in [5.74, 6) is -0.444. The predicted molar refractivity (Wildman–Crippen MR) is 84.3 cm³/mol. The first-order chi connectivity index (χ1) is 9.61. The molecule has 0 bridgehead atoms. The van der Waals surface area contributed by atoms with Gasteiger partial charge in [-0.1, -0.05) is 53.0 Å². The number of benzene rings is 1. The van der Waals surface area contributed by atoms with E-state index < -0.39 is 22.3 Å². The zero-order valence-corrected chi connectivity index (χ0v) is 13.9. The van der Waals surface area contributed by atoms with Crippen LogP contribution in [0.2, 0.25) is 5.02 Å². The minimum atomic E-state index is -1.72. The van der Waals surface area contributed by atoms with Crippen molar-refractivity contribution in [3.8, 4) is 0 Å². The van der Waals surface area contributed by atoms with Gasteiger partial charge in [0.25, 0.3) is 0 Å². The van der Waals surface area contributed by atoms with E-state index in [0.29, 0.717) is 10.6 Å². The van der Waals surface area contributed by atoms with Crippen molar-refractivity contribution < 1.29 is 14.3 Å². The van der Waals surface area contributed by atoms with Gasteiger partial charge in [-0.25, -0.2) is 4.79 Å². The van der Waals surface area contributed by atoms with E-state index in [-0.39, 0.29) is 5.70 Å². The zero-order chi connectivity index (χ0) is 16.2. The van der Waals surface area contributed by atoms with Crippen LogP contribution in [0.5, 0.6) is 0 Å². The van der Waals surface area contributed by atoms with Gasteiger partial charge in [0.15, 0.2) is 0 Å². The van der Waals surface area contributed by atoms with Gasteiger partial charge in [0.2, 0.25) is 9.58 Å². The van der Waals surface area contributed by atoms with Crippen LogP contribution in [0, 0.1) is 0 Å². The van der Waals surface area contributed by atoms with Crippen molar-refractivity contribution in [3.63, 3.8) is 0 Å². The van der Waals surface area contributed by atoms with Crippen molar-refractivity contribution in [2.24, 2.45) is 0 Å². The summed E-state index contributed by atoms with van der Waals surface area (Å²) in [6, 6.07) is 6.17. The molecule has 0 spiro atoms. The Labute approximate surface area is 142 Å². The molecule has 0 saturated carbocycles. The van der Waals surface area contributed by atoms with E-state index in [1.54, 1.807) is 12.1 Å². The summed E-state index contributed by atoms with van der Waals surface area (Å²) in [5.41, 5.74) is 0.261. The van der Waals surface area contributed by atoms with Gasteiger partial charge in [0, 0.05) is 17.6 Å². The maximum absolute atomic E-state index is 12.1. The number of carbonyl (C=O) groups is 2. The summed E-state index contributed by atoms with van der Waals surface area (Å²) >= 11 is 22.1. The molecule has 0 aliphatic heterocycles. The number of rotatable bonds is 4. The van der Waals surface area contributed by atoms with E-state index in [2.05, 4.69) is 6.58 Å². The van der Waals surface area contributed by atoms with Crippen molar-refractivity contribution in [1.82, 2.24) is 4.90 Å². The highest BCUT2D eigenvalue weighted by atomic mass is 35.6. The van der Waals surface area contributed by atoms with Crippen molar-refractivity contribution in [2.75, 3.05) is 13.7 Å². The second kappa shape index (κ2) is 7.36. The molecule has 0 aliphatic rings. The van der Waals surface area contributed by atoms with Crippen LogP contribution in [-0.4, -0.2) is 34.2 Å². The van der Waals surface area contributed by atoms with E-state index in [1.807, 2.05) is 0 Å². The number of hydrogen-bond acceptors (Lipinski definition) is 3. The Hall–Kier alpha value is -0.940. The lowest BCUT2D eigenvalue weighted by Crippen LogP contribution is -2.32. The highest BCUT2D eigenvalue weighted by molar-refractivity contribution is 6.67. The number of halogens is 4. The fourth-order valence-corrected chi connectivity index (χ4v) is 1.56. The van der Waals surface area contributed by atoms with Gasteiger partial charge in [-0.15, -0.1) is 0 Å². The van der Waals surface area contributed by atoms with E-state index in [1.165, 1.54) is 19.2 Å². The third kappa shape index (κ3) is 5.75. The average molecular weight is 371 g/mol. The SMILES string of the molecule is C=C(C(=O)c1ccc(Cl)cc1)N(C)C(=O)OCC(Cl)(Cl)Cl. The Morgan fingerprint density at radius 2 is 1.76 bits per heavy atom. The maximum Gasteiger partial charge on any atom is 0.414 e. The molecular formula is C13H11Cl4NO3.